The van der Waals surface area contributed by atoms with Crippen LogP contribution in [0.1, 0.15) is 22.3 Å². The van der Waals surface area contributed by atoms with Gasteiger partial charge in [-0.05, 0) is 59.6 Å². The van der Waals surface area contributed by atoms with E-state index >= 15 is 0 Å². The first-order valence-corrected chi connectivity index (χ1v) is 10.6. The van der Waals surface area contributed by atoms with Crippen molar-refractivity contribution in [3.63, 3.8) is 0 Å². The molecule has 0 fully saturated rings. The van der Waals surface area contributed by atoms with E-state index in [9.17, 15) is 0 Å². The third-order valence-electron chi connectivity index (χ3n) is 5.37. The molecule has 0 bridgehead atoms. The third kappa shape index (κ3) is 4.69. The average Bonchev–Trinajstić information content (AvgIpc) is 2.76. The van der Waals surface area contributed by atoms with Gasteiger partial charge in [0.25, 0.3) is 0 Å². The van der Waals surface area contributed by atoms with E-state index in [1.807, 2.05) is 6.07 Å². The number of aryl methyl sites for hydroxylation is 2. The molecule has 3 heteroatoms. The molecule has 0 unspecified atom stereocenters. The molecule has 1 N–H and O–H groups in total. The van der Waals surface area contributed by atoms with Crippen LogP contribution in [0.15, 0.2) is 91.0 Å². The Labute approximate surface area is 184 Å². The highest BCUT2D eigenvalue weighted by Gasteiger charge is 2.14. The van der Waals surface area contributed by atoms with Crippen LogP contribution in [0.5, 0.6) is 0 Å². The van der Waals surface area contributed by atoms with Crippen molar-refractivity contribution in [1.29, 1.82) is 0 Å². The van der Waals surface area contributed by atoms with E-state index < -0.39 is 0 Å². The number of nitrogens with one attached hydrogen (secondary N) is 1. The zero-order chi connectivity index (χ0) is 20.9. The first-order chi connectivity index (χ1) is 14.6. The fourth-order valence-corrected chi connectivity index (χ4v) is 4.03. The number of thiocarbonyl (C=S) groups is 1. The van der Waals surface area contributed by atoms with Crippen LogP contribution in [-0.4, -0.2) is 10.0 Å². The van der Waals surface area contributed by atoms with Crippen LogP contribution in [0.2, 0.25) is 0 Å². The third-order valence-corrected chi connectivity index (χ3v) is 5.73. The Bertz CT molecular complexity index is 1160. The minimum Gasteiger partial charge on any atom is -0.340 e. The molecule has 0 radical (unpaired) electrons. The standard InChI is InChI=1S/C27H26N2S/c1-20-15-16-26(21(2)17-20)28-27(30)29(18-22-9-4-3-5-10-22)19-24-13-8-12-23-11-6-7-14-25(23)24/h3-17H,18-19H2,1-2H3,(H,28,30). The first kappa shape index (κ1) is 20.1. The lowest BCUT2D eigenvalue weighted by Crippen LogP contribution is -2.34. The van der Waals surface area contributed by atoms with Crippen molar-refractivity contribution in [2.24, 2.45) is 0 Å². The van der Waals surface area contributed by atoms with E-state index in [1.54, 1.807) is 0 Å². The van der Waals surface area contributed by atoms with Gasteiger partial charge in [0.05, 0.1) is 0 Å². The lowest BCUT2D eigenvalue weighted by Gasteiger charge is -2.27. The van der Waals surface area contributed by atoms with Crippen LogP contribution in [0.4, 0.5) is 5.69 Å². The normalized spacial score (nSPS) is 10.7. The summed E-state index contributed by atoms with van der Waals surface area (Å²) in [5, 5.41) is 6.74. The molecular formula is C27H26N2S. The molecule has 0 aromatic heterocycles. The van der Waals surface area contributed by atoms with E-state index in [1.165, 1.54) is 33.0 Å². The van der Waals surface area contributed by atoms with Gasteiger partial charge in [0.2, 0.25) is 0 Å². The van der Waals surface area contributed by atoms with Crippen LogP contribution in [0, 0.1) is 13.8 Å². The van der Waals surface area contributed by atoms with Gasteiger partial charge in [0.1, 0.15) is 0 Å². The molecule has 4 rings (SSSR count). The Balaban J connectivity index is 1.64. The van der Waals surface area contributed by atoms with Gasteiger partial charge in [-0.25, -0.2) is 0 Å². The summed E-state index contributed by atoms with van der Waals surface area (Å²) >= 11 is 5.89. The lowest BCUT2D eigenvalue weighted by atomic mass is 10.0. The molecule has 0 aliphatic heterocycles. The summed E-state index contributed by atoms with van der Waals surface area (Å²) in [5.41, 5.74) is 6.01. The van der Waals surface area contributed by atoms with Crippen LogP contribution >= 0.6 is 12.2 Å². The quantitative estimate of drug-likeness (QED) is 0.362. The summed E-state index contributed by atoms with van der Waals surface area (Å²) in [4.78, 5) is 2.24. The van der Waals surface area contributed by atoms with Gasteiger partial charge in [-0.3, -0.25) is 0 Å². The Morgan fingerprint density at radius 2 is 1.53 bits per heavy atom. The molecule has 0 atom stereocenters. The number of nitrogens with zero attached hydrogens (tertiary/aromatic N) is 1. The Kier molecular flexibility index (Phi) is 6.10. The van der Waals surface area contributed by atoms with Gasteiger partial charge in [-0.1, -0.05) is 90.5 Å². The predicted octanol–water partition coefficient (Wildman–Crippen LogP) is 6.86. The fraction of sp³-hybridized carbons (Fsp3) is 0.148. The molecule has 0 aliphatic rings. The monoisotopic (exact) mass is 410 g/mol. The highest BCUT2D eigenvalue weighted by molar-refractivity contribution is 7.80. The van der Waals surface area contributed by atoms with Crippen molar-refractivity contribution >= 4 is 33.8 Å². The molecule has 0 spiro atoms. The molecule has 0 heterocycles. The first-order valence-electron chi connectivity index (χ1n) is 10.2. The topological polar surface area (TPSA) is 15.3 Å². The summed E-state index contributed by atoms with van der Waals surface area (Å²) < 4.78 is 0. The SMILES string of the molecule is Cc1ccc(NC(=S)N(Cc2ccccc2)Cc2cccc3ccccc23)c(C)c1. The number of hydrogen-bond acceptors (Lipinski definition) is 1. The number of hydrogen-bond donors (Lipinski definition) is 1. The zero-order valence-corrected chi connectivity index (χ0v) is 18.2. The summed E-state index contributed by atoms with van der Waals surface area (Å²) in [5.74, 6) is 0. The van der Waals surface area contributed by atoms with E-state index in [0.717, 1.165) is 23.9 Å². The number of rotatable bonds is 5. The van der Waals surface area contributed by atoms with Crippen molar-refractivity contribution in [2.75, 3.05) is 5.32 Å². The Morgan fingerprint density at radius 3 is 2.33 bits per heavy atom. The molecule has 4 aromatic carbocycles. The molecule has 0 saturated heterocycles. The van der Waals surface area contributed by atoms with E-state index in [-0.39, 0.29) is 0 Å². The van der Waals surface area contributed by atoms with Gasteiger partial charge in [-0.15, -0.1) is 0 Å². The summed E-state index contributed by atoms with van der Waals surface area (Å²) in [6.07, 6.45) is 0. The van der Waals surface area contributed by atoms with Crippen molar-refractivity contribution in [3.05, 3.63) is 113 Å². The minimum atomic E-state index is 0.735. The number of anilines is 1. The summed E-state index contributed by atoms with van der Waals surface area (Å²) in [7, 11) is 0. The fourth-order valence-electron chi connectivity index (χ4n) is 3.79. The molecule has 4 aromatic rings. The average molecular weight is 411 g/mol. The maximum Gasteiger partial charge on any atom is 0.174 e. The van der Waals surface area contributed by atoms with Crippen LogP contribution in [0.3, 0.4) is 0 Å². The van der Waals surface area contributed by atoms with Gasteiger partial charge >= 0.3 is 0 Å². The van der Waals surface area contributed by atoms with Crippen LogP contribution in [0.25, 0.3) is 10.8 Å². The van der Waals surface area contributed by atoms with E-state index in [2.05, 4.69) is 109 Å². The van der Waals surface area contributed by atoms with Crippen molar-refractivity contribution in [2.45, 2.75) is 26.9 Å². The highest BCUT2D eigenvalue weighted by Crippen LogP contribution is 2.22. The minimum absolute atomic E-state index is 0.735. The second-order valence-electron chi connectivity index (χ2n) is 7.73. The largest absolute Gasteiger partial charge is 0.340 e. The maximum atomic E-state index is 5.89. The molecule has 2 nitrogen and oxygen atoms in total. The number of fused-ring (bicyclic) bond motifs is 1. The highest BCUT2D eigenvalue weighted by atomic mass is 32.1. The summed E-state index contributed by atoms with van der Waals surface area (Å²) in [6, 6.07) is 31.9. The second kappa shape index (κ2) is 9.10. The van der Waals surface area contributed by atoms with Gasteiger partial charge in [0, 0.05) is 18.8 Å². The predicted molar refractivity (Wildman–Crippen MR) is 132 cm³/mol. The maximum absolute atomic E-state index is 5.89. The van der Waals surface area contributed by atoms with Crippen molar-refractivity contribution in [3.8, 4) is 0 Å². The Hall–Kier alpha value is -3.17. The molecule has 0 aliphatic carbocycles. The molecule has 150 valence electrons. The van der Waals surface area contributed by atoms with Crippen LogP contribution in [-0.2, 0) is 13.1 Å². The Morgan fingerprint density at radius 1 is 0.800 bits per heavy atom. The molecular weight excluding hydrogens is 384 g/mol. The summed E-state index contributed by atoms with van der Waals surface area (Å²) in [6.45, 7) is 5.72. The van der Waals surface area contributed by atoms with Crippen molar-refractivity contribution in [1.82, 2.24) is 4.90 Å². The van der Waals surface area contributed by atoms with Crippen LogP contribution < -0.4 is 5.32 Å². The zero-order valence-electron chi connectivity index (χ0n) is 17.4. The lowest BCUT2D eigenvalue weighted by molar-refractivity contribution is 0.414. The van der Waals surface area contributed by atoms with E-state index in [0.29, 0.717) is 0 Å². The van der Waals surface area contributed by atoms with Gasteiger partial charge in [-0.2, -0.15) is 0 Å². The van der Waals surface area contributed by atoms with Gasteiger partial charge < -0.3 is 10.2 Å². The van der Waals surface area contributed by atoms with Gasteiger partial charge in [0.15, 0.2) is 5.11 Å². The molecule has 0 amide bonds. The van der Waals surface area contributed by atoms with Crippen molar-refractivity contribution < 1.29 is 0 Å². The molecule has 0 saturated carbocycles. The smallest absolute Gasteiger partial charge is 0.174 e. The number of benzene rings is 4. The second-order valence-corrected chi connectivity index (χ2v) is 8.12. The van der Waals surface area contributed by atoms with E-state index in [4.69, 9.17) is 12.2 Å². The molecule has 30 heavy (non-hydrogen) atoms.